The van der Waals surface area contributed by atoms with Crippen LogP contribution in [0.3, 0.4) is 0 Å². The van der Waals surface area contributed by atoms with Gasteiger partial charge in [0.2, 0.25) is 5.91 Å². The number of benzene rings is 1. The number of carbonyl (C=O) groups is 1. The van der Waals surface area contributed by atoms with Crippen molar-refractivity contribution in [3.8, 4) is 0 Å². The summed E-state index contributed by atoms with van der Waals surface area (Å²) in [6, 6.07) is 8.10. The molecule has 3 rings (SSSR count). The molecular formula is C20H29NO4. The second-order valence-electron chi connectivity index (χ2n) is 7.29. The van der Waals surface area contributed by atoms with Crippen molar-refractivity contribution < 1.29 is 19.0 Å². The monoisotopic (exact) mass is 347 g/mol. The minimum atomic E-state index is -0.0385. The maximum atomic E-state index is 12.8. The van der Waals surface area contributed by atoms with E-state index in [4.69, 9.17) is 14.2 Å². The topological polar surface area (TPSA) is 48.0 Å². The molecule has 0 bridgehead atoms. The largest absolute Gasteiger partial charge is 0.384 e. The fourth-order valence-corrected chi connectivity index (χ4v) is 4.21. The molecule has 0 aliphatic carbocycles. The van der Waals surface area contributed by atoms with Gasteiger partial charge in [-0.2, -0.15) is 0 Å². The van der Waals surface area contributed by atoms with Crippen LogP contribution in [0, 0.1) is 5.41 Å². The van der Waals surface area contributed by atoms with E-state index in [-0.39, 0.29) is 17.4 Å². The average molecular weight is 347 g/mol. The molecule has 0 saturated carbocycles. The lowest BCUT2D eigenvalue weighted by Crippen LogP contribution is -2.58. The van der Waals surface area contributed by atoms with Gasteiger partial charge in [-0.05, 0) is 30.4 Å². The molecule has 0 spiro atoms. The number of nitrogens with zero attached hydrogens (tertiary/aromatic N) is 1. The van der Waals surface area contributed by atoms with Crippen LogP contribution in [-0.2, 0) is 32.0 Å². The van der Waals surface area contributed by atoms with Crippen molar-refractivity contribution in [1.29, 1.82) is 0 Å². The highest BCUT2D eigenvalue weighted by Crippen LogP contribution is 2.40. The molecule has 0 aromatic heterocycles. The third-order valence-corrected chi connectivity index (χ3v) is 5.46. The van der Waals surface area contributed by atoms with Gasteiger partial charge >= 0.3 is 0 Å². The summed E-state index contributed by atoms with van der Waals surface area (Å²) in [6.45, 7) is 3.61. The molecule has 138 valence electrons. The van der Waals surface area contributed by atoms with Crippen molar-refractivity contribution in [2.75, 3.05) is 40.5 Å². The van der Waals surface area contributed by atoms with Crippen LogP contribution in [0.1, 0.15) is 30.4 Å². The summed E-state index contributed by atoms with van der Waals surface area (Å²) >= 11 is 0. The molecule has 1 aromatic rings. The lowest BCUT2D eigenvalue weighted by Gasteiger charge is -2.50. The molecule has 0 N–H and O–H groups in total. The Morgan fingerprint density at radius 2 is 2.00 bits per heavy atom. The first-order valence-corrected chi connectivity index (χ1v) is 9.12. The number of hydrogen-bond acceptors (Lipinski definition) is 4. The molecule has 25 heavy (non-hydrogen) atoms. The second-order valence-corrected chi connectivity index (χ2v) is 7.29. The Bertz CT molecular complexity index is 570. The fraction of sp³-hybridized carbons (Fsp3) is 0.650. The summed E-state index contributed by atoms with van der Waals surface area (Å²) in [5, 5.41) is 0. The molecule has 2 heterocycles. The molecule has 2 aliphatic rings. The van der Waals surface area contributed by atoms with Gasteiger partial charge in [0.15, 0.2) is 0 Å². The molecule has 5 nitrogen and oxygen atoms in total. The highest BCUT2D eigenvalue weighted by molar-refractivity contribution is 5.79. The van der Waals surface area contributed by atoms with Crippen molar-refractivity contribution in [3.05, 3.63) is 35.4 Å². The highest BCUT2D eigenvalue weighted by atomic mass is 16.5. The zero-order chi connectivity index (χ0) is 17.7. The minimum absolute atomic E-state index is 0.0385. The van der Waals surface area contributed by atoms with Crippen LogP contribution in [0.15, 0.2) is 24.3 Å². The van der Waals surface area contributed by atoms with Gasteiger partial charge in [0.05, 0.1) is 25.7 Å². The molecular weight excluding hydrogens is 318 g/mol. The number of amides is 1. The van der Waals surface area contributed by atoms with Gasteiger partial charge in [0.25, 0.3) is 0 Å². The number of likely N-dealkylation sites (tertiary alicyclic amines) is 1. The number of fused-ring (bicyclic) bond motifs is 1. The van der Waals surface area contributed by atoms with Crippen molar-refractivity contribution in [2.45, 2.75) is 38.4 Å². The molecule has 0 unspecified atom stereocenters. The van der Waals surface area contributed by atoms with Gasteiger partial charge in [-0.25, -0.2) is 0 Å². The van der Waals surface area contributed by atoms with Gasteiger partial charge in [-0.1, -0.05) is 24.3 Å². The first kappa shape index (κ1) is 18.4. The van der Waals surface area contributed by atoms with Crippen molar-refractivity contribution in [1.82, 2.24) is 4.90 Å². The Morgan fingerprint density at radius 3 is 2.72 bits per heavy atom. The zero-order valence-corrected chi connectivity index (χ0v) is 15.3. The summed E-state index contributed by atoms with van der Waals surface area (Å²) in [5.74, 6) is 0.194. The Balaban J connectivity index is 1.63. The van der Waals surface area contributed by atoms with Gasteiger partial charge in [-0.15, -0.1) is 0 Å². The maximum Gasteiger partial charge on any atom is 0.227 e. The third kappa shape index (κ3) is 4.22. The summed E-state index contributed by atoms with van der Waals surface area (Å²) in [6.07, 6.45) is 3.69. The Labute approximate surface area is 150 Å². The number of ether oxygens (including phenoxy) is 3. The van der Waals surface area contributed by atoms with Crippen LogP contribution in [0.4, 0.5) is 0 Å². The number of carbonyl (C=O) groups excluding carboxylic acids is 1. The van der Waals surface area contributed by atoms with Gasteiger partial charge in [0.1, 0.15) is 0 Å². The normalized spacial score (nSPS) is 26.3. The summed E-state index contributed by atoms with van der Waals surface area (Å²) in [7, 11) is 3.43. The smallest absolute Gasteiger partial charge is 0.227 e. The molecule has 2 aliphatic heterocycles. The van der Waals surface area contributed by atoms with E-state index in [0.29, 0.717) is 19.6 Å². The predicted molar refractivity (Wildman–Crippen MR) is 95.3 cm³/mol. The second kappa shape index (κ2) is 8.30. The van der Waals surface area contributed by atoms with Crippen LogP contribution in [0.25, 0.3) is 0 Å². The first-order chi connectivity index (χ1) is 12.2. The lowest BCUT2D eigenvalue weighted by molar-refractivity contribution is -0.161. The Kier molecular flexibility index (Phi) is 6.10. The van der Waals surface area contributed by atoms with Gasteiger partial charge < -0.3 is 19.1 Å². The van der Waals surface area contributed by atoms with Crippen LogP contribution in [-0.4, -0.2) is 57.4 Å². The Morgan fingerprint density at radius 1 is 1.24 bits per heavy atom. The summed E-state index contributed by atoms with van der Waals surface area (Å²) in [5.41, 5.74) is 2.13. The fourth-order valence-electron chi connectivity index (χ4n) is 4.21. The quantitative estimate of drug-likeness (QED) is 0.793. The van der Waals surface area contributed by atoms with Gasteiger partial charge in [0, 0.05) is 39.3 Å². The van der Waals surface area contributed by atoms with E-state index in [9.17, 15) is 4.79 Å². The first-order valence-electron chi connectivity index (χ1n) is 9.12. The molecule has 5 heteroatoms. The maximum absolute atomic E-state index is 12.8. The van der Waals surface area contributed by atoms with Crippen molar-refractivity contribution >= 4 is 5.91 Å². The Hall–Kier alpha value is -1.43. The molecule has 1 amide bonds. The number of piperidine rings is 1. The minimum Gasteiger partial charge on any atom is -0.384 e. The molecule has 0 radical (unpaired) electrons. The molecule has 2 fully saturated rings. The zero-order valence-electron chi connectivity index (χ0n) is 15.3. The molecule has 2 atom stereocenters. The predicted octanol–water partition coefficient (Wildman–Crippen LogP) is 2.42. The van der Waals surface area contributed by atoms with E-state index in [1.165, 1.54) is 0 Å². The summed E-state index contributed by atoms with van der Waals surface area (Å²) < 4.78 is 16.6. The average Bonchev–Trinajstić information content (AvgIpc) is 2.63. The van der Waals surface area contributed by atoms with E-state index in [1.807, 2.05) is 29.2 Å². The van der Waals surface area contributed by atoms with E-state index in [2.05, 4.69) is 0 Å². The number of rotatable bonds is 6. The van der Waals surface area contributed by atoms with Crippen LogP contribution < -0.4 is 0 Å². The standard InChI is InChI=1S/C20H29NO4/c1-23-13-17-6-4-16(5-7-17)12-19(22)21-10-8-18-20(14-21,15-24-2)9-3-11-25-18/h4-7,18H,3,8-15H2,1-2H3/t18-,20+/m1/s1. The third-order valence-electron chi connectivity index (χ3n) is 5.46. The number of methoxy groups -OCH3 is 2. The summed E-state index contributed by atoms with van der Waals surface area (Å²) in [4.78, 5) is 14.8. The van der Waals surface area contributed by atoms with Gasteiger partial charge in [-0.3, -0.25) is 4.79 Å². The lowest BCUT2D eigenvalue weighted by atomic mass is 9.73. The van der Waals surface area contributed by atoms with Crippen LogP contribution in [0.2, 0.25) is 0 Å². The van der Waals surface area contributed by atoms with Crippen molar-refractivity contribution in [2.24, 2.45) is 5.41 Å². The van der Waals surface area contributed by atoms with E-state index >= 15 is 0 Å². The van der Waals surface area contributed by atoms with Crippen LogP contribution >= 0.6 is 0 Å². The number of hydrogen-bond donors (Lipinski definition) is 0. The van der Waals surface area contributed by atoms with Crippen LogP contribution in [0.5, 0.6) is 0 Å². The SMILES string of the molecule is COCc1ccc(CC(=O)N2CC[C@H]3OCCC[C@@]3(COC)C2)cc1. The molecule has 2 saturated heterocycles. The highest BCUT2D eigenvalue weighted by Gasteiger charge is 2.46. The van der Waals surface area contributed by atoms with Crippen molar-refractivity contribution in [3.63, 3.8) is 0 Å². The van der Waals surface area contributed by atoms with E-state index < -0.39 is 0 Å². The molecule has 1 aromatic carbocycles. The van der Waals surface area contributed by atoms with E-state index in [1.54, 1.807) is 14.2 Å². The van der Waals surface area contributed by atoms with E-state index in [0.717, 1.165) is 50.1 Å².